The molecule has 0 fully saturated rings. The maximum atomic E-state index is 12.6. The molecule has 0 saturated heterocycles. The van der Waals surface area contributed by atoms with Crippen molar-refractivity contribution in [3.63, 3.8) is 0 Å². The third-order valence-electron chi connectivity index (χ3n) is 3.99. The van der Waals surface area contributed by atoms with Crippen LogP contribution in [0.1, 0.15) is 75.5 Å². The Balaban J connectivity index is 0.00000134. The number of benzene rings is 2. The number of carbonyl (C=O) groups excluding carboxylic acids is 1. The molecular weight excluding hydrogens is 306 g/mol. The van der Waals surface area contributed by atoms with E-state index in [0.717, 1.165) is 18.4 Å². The van der Waals surface area contributed by atoms with Crippen molar-refractivity contribution >= 4 is 5.91 Å². The van der Waals surface area contributed by atoms with E-state index >= 15 is 0 Å². The van der Waals surface area contributed by atoms with Crippen molar-refractivity contribution in [3.05, 3.63) is 71.3 Å². The van der Waals surface area contributed by atoms with Gasteiger partial charge in [0, 0.05) is 12.6 Å². The lowest BCUT2D eigenvalue weighted by atomic mass is 9.95. The van der Waals surface area contributed by atoms with E-state index in [0.29, 0.717) is 0 Å². The van der Waals surface area contributed by atoms with Gasteiger partial charge >= 0.3 is 0 Å². The monoisotopic (exact) mass is 341 g/mol. The number of hydrogen-bond acceptors (Lipinski definition) is 1. The molecule has 1 amide bonds. The molecule has 0 spiro atoms. The van der Waals surface area contributed by atoms with E-state index in [1.807, 2.05) is 70.0 Å². The number of rotatable bonds is 5. The van der Waals surface area contributed by atoms with Gasteiger partial charge < -0.3 is 4.90 Å². The summed E-state index contributed by atoms with van der Waals surface area (Å²) < 4.78 is 0. The van der Waals surface area contributed by atoms with E-state index in [4.69, 9.17) is 0 Å². The number of amides is 1. The van der Waals surface area contributed by atoms with Crippen LogP contribution < -0.4 is 0 Å². The van der Waals surface area contributed by atoms with Gasteiger partial charge in [0.1, 0.15) is 0 Å². The van der Waals surface area contributed by atoms with Gasteiger partial charge in [0.15, 0.2) is 0 Å². The Kier molecular flexibility index (Phi) is 12.1. The van der Waals surface area contributed by atoms with Crippen LogP contribution >= 0.6 is 0 Å². The van der Waals surface area contributed by atoms with Crippen LogP contribution in [0.25, 0.3) is 0 Å². The maximum Gasteiger partial charge on any atom is 0.254 e. The zero-order chi connectivity index (χ0) is 19.2. The molecule has 0 saturated carbocycles. The van der Waals surface area contributed by atoms with Crippen molar-refractivity contribution in [2.75, 3.05) is 7.05 Å². The fraction of sp³-hybridized carbons (Fsp3) is 0.435. The zero-order valence-electron chi connectivity index (χ0n) is 17.0. The van der Waals surface area contributed by atoms with Gasteiger partial charge in [-0.25, -0.2) is 0 Å². The number of hydrogen-bond donors (Lipinski definition) is 0. The van der Waals surface area contributed by atoms with Crippen molar-refractivity contribution in [2.24, 2.45) is 0 Å². The molecule has 2 aromatic rings. The van der Waals surface area contributed by atoms with E-state index in [2.05, 4.69) is 38.1 Å². The van der Waals surface area contributed by atoms with Crippen molar-refractivity contribution in [3.8, 4) is 0 Å². The van der Waals surface area contributed by atoms with Gasteiger partial charge in [-0.1, -0.05) is 84.0 Å². The Bertz CT molecular complexity index is 592. The summed E-state index contributed by atoms with van der Waals surface area (Å²) in [6, 6.07) is 18.0. The van der Waals surface area contributed by atoms with Gasteiger partial charge in [-0.2, -0.15) is 0 Å². The standard InChI is InChI=1S/C19H23NO.2C2H6/c1-4-15-11-9-10-14-17(15)18(5-2)20(3)19(21)16-12-7-6-8-13-16;2*1-2/h6-14,18H,4-5H2,1-3H3;2*1-2H3/t18-;;/m0../s1. The van der Waals surface area contributed by atoms with Crippen molar-refractivity contribution in [1.82, 2.24) is 4.90 Å². The lowest BCUT2D eigenvalue weighted by molar-refractivity contribution is 0.0725. The minimum atomic E-state index is 0.0772. The van der Waals surface area contributed by atoms with Crippen LogP contribution in [0, 0.1) is 0 Å². The fourth-order valence-electron chi connectivity index (χ4n) is 2.81. The van der Waals surface area contributed by atoms with Gasteiger partial charge in [-0.05, 0) is 36.1 Å². The maximum absolute atomic E-state index is 12.6. The Morgan fingerprint density at radius 2 is 1.40 bits per heavy atom. The van der Waals surface area contributed by atoms with Crippen LogP contribution in [0.3, 0.4) is 0 Å². The SMILES string of the molecule is CC.CC.CCc1ccccc1[C@H](CC)N(C)C(=O)c1ccccc1. The number of nitrogens with zero attached hydrogens (tertiary/aromatic N) is 1. The van der Waals surface area contributed by atoms with Crippen LogP contribution in [0.4, 0.5) is 0 Å². The molecule has 25 heavy (non-hydrogen) atoms. The predicted molar refractivity (Wildman–Crippen MR) is 110 cm³/mol. The first kappa shape index (κ1) is 22.9. The van der Waals surface area contributed by atoms with Gasteiger partial charge in [0.25, 0.3) is 5.91 Å². The molecule has 0 aliphatic rings. The van der Waals surface area contributed by atoms with E-state index in [9.17, 15) is 4.79 Å². The first-order valence-electron chi connectivity index (χ1n) is 9.59. The largest absolute Gasteiger partial charge is 0.335 e. The van der Waals surface area contributed by atoms with Crippen LogP contribution in [-0.4, -0.2) is 17.9 Å². The van der Waals surface area contributed by atoms with E-state index in [1.54, 1.807) is 0 Å². The number of carbonyl (C=O) groups is 1. The first-order valence-corrected chi connectivity index (χ1v) is 9.59. The summed E-state index contributed by atoms with van der Waals surface area (Å²) in [5.41, 5.74) is 3.32. The summed E-state index contributed by atoms with van der Waals surface area (Å²) >= 11 is 0. The minimum Gasteiger partial charge on any atom is -0.335 e. The van der Waals surface area contributed by atoms with Gasteiger partial charge in [-0.3, -0.25) is 4.79 Å². The van der Waals surface area contributed by atoms with Crippen LogP contribution in [-0.2, 0) is 6.42 Å². The Morgan fingerprint density at radius 3 is 1.92 bits per heavy atom. The van der Waals surface area contributed by atoms with Crippen molar-refractivity contribution < 1.29 is 4.79 Å². The van der Waals surface area contributed by atoms with Gasteiger partial charge in [0.2, 0.25) is 0 Å². The number of aryl methyl sites for hydroxylation is 1. The van der Waals surface area contributed by atoms with Crippen LogP contribution in [0.2, 0.25) is 0 Å². The molecule has 1 atom stereocenters. The first-order chi connectivity index (χ1) is 12.2. The van der Waals surface area contributed by atoms with Crippen LogP contribution in [0.5, 0.6) is 0 Å². The predicted octanol–water partition coefficient (Wildman–Crippen LogP) is 6.52. The molecule has 0 radical (unpaired) electrons. The molecule has 0 bridgehead atoms. The average Bonchev–Trinajstić information content (AvgIpc) is 2.72. The second-order valence-corrected chi connectivity index (χ2v) is 5.26. The summed E-state index contributed by atoms with van der Waals surface area (Å²) in [6.45, 7) is 12.3. The third kappa shape index (κ3) is 6.38. The Hall–Kier alpha value is -2.09. The van der Waals surface area contributed by atoms with Crippen molar-refractivity contribution in [1.29, 1.82) is 0 Å². The second-order valence-electron chi connectivity index (χ2n) is 5.26. The molecule has 2 heteroatoms. The minimum absolute atomic E-state index is 0.0772. The van der Waals surface area contributed by atoms with Crippen LogP contribution in [0.15, 0.2) is 54.6 Å². The summed E-state index contributed by atoms with van der Waals surface area (Å²) in [4.78, 5) is 14.5. The zero-order valence-corrected chi connectivity index (χ0v) is 17.0. The van der Waals surface area contributed by atoms with E-state index in [1.165, 1.54) is 11.1 Å². The lowest BCUT2D eigenvalue weighted by Crippen LogP contribution is -2.31. The Labute approximate surface area is 154 Å². The fourth-order valence-corrected chi connectivity index (χ4v) is 2.81. The smallest absolute Gasteiger partial charge is 0.254 e. The van der Waals surface area contributed by atoms with Crippen molar-refractivity contribution in [2.45, 2.75) is 60.4 Å². The Morgan fingerprint density at radius 1 is 0.880 bits per heavy atom. The topological polar surface area (TPSA) is 20.3 Å². The third-order valence-corrected chi connectivity index (χ3v) is 3.99. The molecule has 0 unspecified atom stereocenters. The highest BCUT2D eigenvalue weighted by Gasteiger charge is 2.22. The molecule has 0 heterocycles. The molecule has 0 N–H and O–H groups in total. The molecule has 0 aliphatic carbocycles. The normalized spacial score (nSPS) is 10.5. The highest BCUT2D eigenvalue weighted by Crippen LogP contribution is 2.27. The summed E-state index contributed by atoms with van der Waals surface area (Å²) in [7, 11) is 1.90. The van der Waals surface area contributed by atoms with Gasteiger partial charge in [-0.15, -0.1) is 0 Å². The summed E-state index contributed by atoms with van der Waals surface area (Å²) in [5, 5.41) is 0. The summed E-state index contributed by atoms with van der Waals surface area (Å²) in [5.74, 6) is 0.0772. The average molecular weight is 342 g/mol. The molecule has 138 valence electrons. The van der Waals surface area contributed by atoms with Gasteiger partial charge in [0.05, 0.1) is 6.04 Å². The lowest BCUT2D eigenvalue weighted by Gasteiger charge is -2.29. The van der Waals surface area contributed by atoms with E-state index < -0.39 is 0 Å². The highest BCUT2D eigenvalue weighted by atomic mass is 16.2. The highest BCUT2D eigenvalue weighted by molar-refractivity contribution is 5.94. The molecule has 0 aliphatic heterocycles. The molecular formula is C23H35NO. The quantitative estimate of drug-likeness (QED) is 0.606. The molecule has 2 nitrogen and oxygen atoms in total. The second kappa shape index (κ2) is 13.2. The molecule has 0 aromatic heterocycles. The van der Waals surface area contributed by atoms with E-state index in [-0.39, 0.29) is 11.9 Å². The molecule has 2 rings (SSSR count). The summed E-state index contributed by atoms with van der Waals surface area (Å²) in [6.07, 6.45) is 1.89. The molecule has 2 aromatic carbocycles.